The van der Waals surface area contributed by atoms with Crippen LogP contribution in [0.2, 0.25) is 0 Å². The summed E-state index contributed by atoms with van der Waals surface area (Å²) in [6.07, 6.45) is 6.90. The fourth-order valence-electron chi connectivity index (χ4n) is 2.95. The summed E-state index contributed by atoms with van der Waals surface area (Å²) >= 11 is 0. The topological polar surface area (TPSA) is 77.2 Å². The third-order valence-electron chi connectivity index (χ3n) is 3.90. The van der Waals surface area contributed by atoms with Gasteiger partial charge in [0.15, 0.2) is 11.9 Å². The Balaban J connectivity index is 1.77. The zero-order valence-corrected chi connectivity index (χ0v) is 10.2. The van der Waals surface area contributed by atoms with Gasteiger partial charge in [0.2, 0.25) is 0 Å². The normalized spacial score (nSPS) is 28.9. The van der Waals surface area contributed by atoms with Crippen molar-refractivity contribution < 1.29 is 14.6 Å². The molecule has 0 spiro atoms. The third kappa shape index (κ3) is 2.01. The Morgan fingerprint density at radius 2 is 2.11 bits per heavy atom. The number of aliphatic carboxylic acids is 1. The summed E-state index contributed by atoms with van der Waals surface area (Å²) in [5, 5.41) is 17.0. The van der Waals surface area contributed by atoms with Crippen LogP contribution in [0, 0.1) is 0 Å². The molecule has 2 atom stereocenters. The van der Waals surface area contributed by atoms with Gasteiger partial charge >= 0.3 is 5.97 Å². The molecule has 18 heavy (non-hydrogen) atoms. The van der Waals surface area contributed by atoms with Gasteiger partial charge in [0.05, 0.1) is 0 Å². The number of hydrogen-bond donors (Lipinski definition) is 1. The summed E-state index contributed by atoms with van der Waals surface area (Å²) in [6, 6.07) is 0.461. The summed E-state index contributed by atoms with van der Waals surface area (Å²) in [6.45, 7) is 0. The number of nitrogens with zero attached hydrogens (tertiary/aromatic N) is 3. The number of aromatic nitrogens is 3. The number of ether oxygens (including phenoxy) is 1. The van der Waals surface area contributed by atoms with Gasteiger partial charge in [-0.25, -0.2) is 4.79 Å². The maximum absolute atomic E-state index is 10.9. The Morgan fingerprint density at radius 3 is 2.78 bits per heavy atom. The predicted molar refractivity (Wildman–Crippen MR) is 62.0 cm³/mol. The van der Waals surface area contributed by atoms with E-state index in [4.69, 9.17) is 9.84 Å². The molecule has 0 aromatic carbocycles. The molecule has 1 aliphatic carbocycles. The van der Waals surface area contributed by atoms with Crippen molar-refractivity contribution in [3.05, 3.63) is 12.2 Å². The molecule has 0 bridgehead atoms. The standard InChI is InChI=1S/C12H17N3O3/c16-12(17)10-6-5-9(18-10)11-14-13-7-15(11)8-3-1-2-4-8/h7-10H,1-6H2,(H,16,17). The largest absolute Gasteiger partial charge is 0.479 e. The molecule has 6 heteroatoms. The zero-order valence-electron chi connectivity index (χ0n) is 10.2. The minimum Gasteiger partial charge on any atom is -0.479 e. The summed E-state index contributed by atoms with van der Waals surface area (Å²) in [4.78, 5) is 10.9. The molecular weight excluding hydrogens is 234 g/mol. The van der Waals surface area contributed by atoms with Crippen molar-refractivity contribution in [2.24, 2.45) is 0 Å². The fraction of sp³-hybridized carbons (Fsp3) is 0.750. The van der Waals surface area contributed by atoms with Gasteiger partial charge in [-0.2, -0.15) is 0 Å². The maximum atomic E-state index is 10.9. The first-order valence-electron chi connectivity index (χ1n) is 6.53. The number of carboxylic acid groups (broad SMARTS) is 1. The van der Waals surface area contributed by atoms with E-state index in [-0.39, 0.29) is 6.10 Å². The van der Waals surface area contributed by atoms with E-state index in [1.54, 1.807) is 6.33 Å². The number of hydrogen-bond acceptors (Lipinski definition) is 4. The van der Waals surface area contributed by atoms with Crippen LogP contribution in [0.1, 0.15) is 56.5 Å². The van der Waals surface area contributed by atoms with Crippen LogP contribution in [-0.2, 0) is 9.53 Å². The highest BCUT2D eigenvalue weighted by molar-refractivity contribution is 5.72. The van der Waals surface area contributed by atoms with Crippen LogP contribution >= 0.6 is 0 Å². The quantitative estimate of drug-likeness (QED) is 0.884. The highest BCUT2D eigenvalue weighted by atomic mass is 16.5. The summed E-state index contributed by atoms with van der Waals surface area (Å²) in [5.41, 5.74) is 0. The Kier molecular flexibility index (Phi) is 3.03. The summed E-state index contributed by atoms with van der Waals surface area (Å²) in [7, 11) is 0. The van der Waals surface area contributed by atoms with Gasteiger partial charge < -0.3 is 14.4 Å². The molecule has 6 nitrogen and oxygen atoms in total. The lowest BCUT2D eigenvalue weighted by atomic mass is 10.1. The molecule has 3 rings (SSSR count). The van der Waals surface area contributed by atoms with Gasteiger partial charge in [-0.05, 0) is 25.7 Å². The highest BCUT2D eigenvalue weighted by Crippen LogP contribution is 2.36. The van der Waals surface area contributed by atoms with E-state index in [9.17, 15) is 4.79 Å². The van der Waals surface area contributed by atoms with E-state index < -0.39 is 12.1 Å². The lowest BCUT2D eigenvalue weighted by Crippen LogP contribution is -2.20. The average Bonchev–Trinajstić information content (AvgIpc) is 3.10. The number of rotatable bonds is 3. The van der Waals surface area contributed by atoms with E-state index >= 15 is 0 Å². The molecular formula is C12H17N3O3. The second-order valence-electron chi connectivity index (χ2n) is 5.06. The van der Waals surface area contributed by atoms with Crippen molar-refractivity contribution in [1.82, 2.24) is 14.8 Å². The van der Waals surface area contributed by atoms with Crippen molar-refractivity contribution in [3.63, 3.8) is 0 Å². The van der Waals surface area contributed by atoms with Crippen LogP contribution in [-0.4, -0.2) is 31.9 Å². The molecule has 2 heterocycles. The van der Waals surface area contributed by atoms with E-state index in [0.29, 0.717) is 18.9 Å². The Hall–Kier alpha value is -1.43. The molecule has 0 radical (unpaired) electrons. The van der Waals surface area contributed by atoms with Crippen LogP contribution in [0.4, 0.5) is 0 Å². The third-order valence-corrected chi connectivity index (χ3v) is 3.90. The smallest absolute Gasteiger partial charge is 0.332 e. The summed E-state index contributed by atoms with van der Waals surface area (Å²) in [5.74, 6) is -0.0879. The molecule has 2 unspecified atom stereocenters. The van der Waals surface area contributed by atoms with Gasteiger partial charge in [-0.1, -0.05) is 12.8 Å². The fourth-order valence-corrected chi connectivity index (χ4v) is 2.95. The lowest BCUT2D eigenvalue weighted by Gasteiger charge is -2.17. The molecule has 0 amide bonds. The van der Waals surface area contributed by atoms with Gasteiger partial charge in [0.25, 0.3) is 0 Å². The van der Waals surface area contributed by atoms with E-state index in [2.05, 4.69) is 14.8 Å². The molecule has 1 aromatic rings. The van der Waals surface area contributed by atoms with Gasteiger partial charge in [0, 0.05) is 6.04 Å². The van der Waals surface area contributed by atoms with Crippen LogP contribution in [0.5, 0.6) is 0 Å². The van der Waals surface area contributed by atoms with Crippen LogP contribution in [0.15, 0.2) is 6.33 Å². The van der Waals surface area contributed by atoms with E-state index in [1.807, 2.05) is 0 Å². The molecule has 1 saturated carbocycles. The minimum atomic E-state index is -0.885. The molecule has 1 N–H and O–H groups in total. The highest BCUT2D eigenvalue weighted by Gasteiger charge is 2.35. The minimum absolute atomic E-state index is 0.214. The molecule has 1 saturated heterocycles. The molecule has 2 aliphatic rings. The first-order chi connectivity index (χ1) is 8.75. The maximum Gasteiger partial charge on any atom is 0.332 e. The molecule has 1 aromatic heterocycles. The first-order valence-corrected chi connectivity index (χ1v) is 6.53. The zero-order chi connectivity index (χ0) is 12.5. The molecule has 2 fully saturated rings. The molecule has 98 valence electrons. The van der Waals surface area contributed by atoms with Gasteiger partial charge in [-0.15, -0.1) is 10.2 Å². The number of carbonyl (C=O) groups is 1. The van der Waals surface area contributed by atoms with Crippen molar-refractivity contribution in [2.75, 3.05) is 0 Å². The predicted octanol–water partition coefficient (Wildman–Crippen LogP) is 1.70. The van der Waals surface area contributed by atoms with Crippen LogP contribution in [0.3, 0.4) is 0 Å². The van der Waals surface area contributed by atoms with E-state index in [0.717, 1.165) is 18.7 Å². The lowest BCUT2D eigenvalue weighted by molar-refractivity contribution is -0.149. The Bertz CT molecular complexity index is 440. The van der Waals surface area contributed by atoms with Crippen molar-refractivity contribution in [2.45, 2.75) is 56.8 Å². The van der Waals surface area contributed by atoms with Crippen molar-refractivity contribution >= 4 is 5.97 Å². The van der Waals surface area contributed by atoms with Crippen LogP contribution < -0.4 is 0 Å². The Morgan fingerprint density at radius 1 is 1.33 bits per heavy atom. The second kappa shape index (κ2) is 4.68. The van der Waals surface area contributed by atoms with E-state index in [1.165, 1.54) is 12.8 Å². The SMILES string of the molecule is O=C(O)C1CCC(c2nncn2C2CCCC2)O1. The number of carboxylic acids is 1. The van der Waals surface area contributed by atoms with Crippen molar-refractivity contribution in [1.29, 1.82) is 0 Å². The van der Waals surface area contributed by atoms with Gasteiger partial charge in [-0.3, -0.25) is 0 Å². The van der Waals surface area contributed by atoms with Crippen molar-refractivity contribution in [3.8, 4) is 0 Å². The monoisotopic (exact) mass is 251 g/mol. The second-order valence-corrected chi connectivity index (χ2v) is 5.06. The summed E-state index contributed by atoms with van der Waals surface area (Å²) < 4.78 is 7.63. The van der Waals surface area contributed by atoms with Gasteiger partial charge in [0.1, 0.15) is 12.4 Å². The van der Waals surface area contributed by atoms with Crippen LogP contribution in [0.25, 0.3) is 0 Å². The average molecular weight is 251 g/mol. The Labute approximate surface area is 105 Å². The molecule has 1 aliphatic heterocycles. The first kappa shape index (κ1) is 11.6.